The van der Waals surface area contributed by atoms with Gasteiger partial charge in [0.15, 0.2) is 9.84 Å². The van der Waals surface area contributed by atoms with Crippen molar-refractivity contribution >= 4 is 21.4 Å². The number of rotatable bonds is 5. The second-order valence-electron chi connectivity index (χ2n) is 6.39. The molecule has 0 saturated heterocycles. The van der Waals surface area contributed by atoms with Crippen LogP contribution in [0.4, 0.5) is 0 Å². The Hall–Kier alpha value is -1.87. The van der Waals surface area contributed by atoms with Gasteiger partial charge in [0.05, 0.1) is 22.8 Å². The quantitative estimate of drug-likeness (QED) is 0.798. The fourth-order valence-electron chi connectivity index (χ4n) is 3.45. The predicted octanol–water partition coefficient (Wildman–Crippen LogP) is 3.74. The zero-order chi connectivity index (χ0) is 18.2. The molecule has 1 fully saturated rings. The van der Waals surface area contributed by atoms with Crippen LogP contribution in [0.3, 0.4) is 0 Å². The molecule has 0 spiro atoms. The minimum absolute atomic E-state index is 0.0690. The van der Waals surface area contributed by atoms with Gasteiger partial charge in [0.1, 0.15) is 5.41 Å². The first-order valence-corrected chi connectivity index (χ1v) is 9.75. The van der Waals surface area contributed by atoms with E-state index >= 15 is 0 Å². The van der Waals surface area contributed by atoms with Crippen LogP contribution in [0.2, 0.25) is 5.02 Å². The molecule has 0 heterocycles. The van der Waals surface area contributed by atoms with E-state index in [-0.39, 0.29) is 11.5 Å². The Morgan fingerprint density at radius 3 is 2.28 bits per heavy atom. The van der Waals surface area contributed by atoms with Crippen LogP contribution in [0.1, 0.15) is 17.0 Å². The van der Waals surface area contributed by atoms with Crippen molar-refractivity contribution in [2.75, 3.05) is 13.7 Å². The molecule has 0 radical (unpaired) electrons. The SMILES string of the molecule is COC[C@]1(C#N)[C@H](c2ccc(C)cc2)[C@@H]1S(=O)(=O)c1ccc(Cl)cc1. The number of sulfone groups is 1. The molecule has 0 unspecified atom stereocenters. The number of aryl methyl sites for hydroxylation is 1. The lowest BCUT2D eigenvalue weighted by molar-refractivity contribution is 0.162. The lowest BCUT2D eigenvalue weighted by Gasteiger charge is -2.08. The van der Waals surface area contributed by atoms with E-state index in [4.69, 9.17) is 16.3 Å². The molecule has 0 aliphatic heterocycles. The number of benzene rings is 2. The maximum atomic E-state index is 13.2. The van der Waals surface area contributed by atoms with E-state index < -0.39 is 26.4 Å². The van der Waals surface area contributed by atoms with Gasteiger partial charge in [-0.25, -0.2) is 8.42 Å². The Morgan fingerprint density at radius 2 is 1.76 bits per heavy atom. The summed E-state index contributed by atoms with van der Waals surface area (Å²) in [4.78, 5) is 0.173. The van der Waals surface area contributed by atoms with Crippen molar-refractivity contribution in [1.29, 1.82) is 5.26 Å². The molecule has 0 bridgehead atoms. The topological polar surface area (TPSA) is 67.2 Å². The third-order valence-electron chi connectivity index (χ3n) is 4.76. The molecule has 1 aliphatic carbocycles. The average Bonchev–Trinajstić information content (AvgIpc) is 3.26. The Morgan fingerprint density at radius 1 is 1.16 bits per heavy atom. The van der Waals surface area contributed by atoms with Crippen molar-refractivity contribution in [2.24, 2.45) is 5.41 Å². The van der Waals surface area contributed by atoms with Crippen LogP contribution < -0.4 is 0 Å². The normalized spacial score (nSPS) is 25.4. The van der Waals surface area contributed by atoms with Crippen LogP contribution in [0.25, 0.3) is 0 Å². The first-order valence-electron chi connectivity index (χ1n) is 7.83. The first-order chi connectivity index (χ1) is 11.9. The molecule has 0 amide bonds. The molecule has 0 aromatic heterocycles. The summed E-state index contributed by atoms with van der Waals surface area (Å²) in [6, 6.07) is 15.9. The molecule has 1 saturated carbocycles. The van der Waals surface area contributed by atoms with Crippen molar-refractivity contribution in [2.45, 2.75) is 23.0 Å². The van der Waals surface area contributed by atoms with Gasteiger partial charge in [-0.05, 0) is 36.8 Å². The zero-order valence-corrected chi connectivity index (χ0v) is 15.5. The molecule has 6 heteroatoms. The van der Waals surface area contributed by atoms with Gasteiger partial charge in [0.2, 0.25) is 0 Å². The van der Waals surface area contributed by atoms with Gasteiger partial charge in [-0.15, -0.1) is 0 Å². The van der Waals surface area contributed by atoms with Crippen LogP contribution in [-0.2, 0) is 14.6 Å². The molecule has 0 N–H and O–H groups in total. The van der Waals surface area contributed by atoms with Crippen LogP contribution >= 0.6 is 11.6 Å². The summed E-state index contributed by atoms with van der Waals surface area (Å²) in [6.07, 6.45) is 0. The second kappa shape index (κ2) is 6.45. The van der Waals surface area contributed by atoms with Gasteiger partial charge in [0, 0.05) is 18.1 Å². The summed E-state index contributed by atoms with van der Waals surface area (Å²) < 4.78 is 31.5. The number of halogens is 1. The summed E-state index contributed by atoms with van der Waals surface area (Å²) >= 11 is 5.86. The van der Waals surface area contributed by atoms with Gasteiger partial charge in [-0.2, -0.15) is 5.26 Å². The van der Waals surface area contributed by atoms with E-state index in [0.29, 0.717) is 5.02 Å². The van der Waals surface area contributed by atoms with E-state index in [1.807, 2.05) is 31.2 Å². The van der Waals surface area contributed by atoms with Crippen LogP contribution in [0, 0.1) is 23.7 Å². The van der Waals surface area contributed by atoms with Gasteiger partial charge in [-0.3, -0.25) is 0 Å². The Balaban J connectivity index is 2.07. The standard InChI is InChI=1S/C19H18ClNO3S/c1-13-3-5-14(6-4-13)17-18(19(17,11-21)12-24-2)25(22,23)16-9-7-15(20)8-10-16/h3-10,17-18H,12H2,1-2H3/t17-,18+,19-/m1/s1. The van der Waals surface area contributed by atoms with Crippen molar-refractivity contribution < 1.29 is 13.2 Å². The molecule has 2 aromatic carbocycles. The van der Waals surface area contributed by atoms with Gasteiger partial charge < -0.3 is 4.74 Å². The van der Waals surface area contributed by atoms with Crippen molar-refractivity contribution in [3.05, 3.63) is 64.7 Å². The fraction of sp³-hybridized carbons (Fsp3) is 0.316. The summed E-state index contributed by atoms with van der Waals surface area (Å²) in [5.41, 5.74) is 0.838. The van der Waals surface area contributed by atoms with Crippen molar-refractivity contribution in [3.63, 3.8) is 0 Å². The Bertz CT molecular complexity index is 917. The minimum atomic E-state index is -3.69. The highest BCUT2D eigenvalue weighted by atomic mass is 35.5. The molecule has 4 nitrogen and oxygen atoms in total. The van der Waals surface area contributed by atoms with Crippen LogP contribution in [0.15, 0.2) is 53.4 Å². The minimum Gasteiger partial charge on any atom is -0.383 e. The van der Waals surface area contributed by atoms with E-state index in [2.05, 4.69) is 6.07 Å². The molecule has 25 heavy (non-hydrogen) atoms. The summed E-state index contributed by atoms with van der Waals surface area (Å²) in [5, 5.41) is 9.41. The monoisotopic (exact) mass is 375 g/mol. The van der Waals surface area contributed by atoms with E-state index in [9.17, 15) is 13.7 Å². The summed E-state index contributed by atoms with van der Waals surface area (Å²) in [7, 11) is -2.21. The van der Waals surface area contributed by atoms with Gasteiger partial charge in [0.25, 0.3) is 0 Å². The smallest absolute Gasteiger partial charge is 0.183 e. The average molecular weight is 376 g/mol. The second-order valence-corrected chi connectivity index (χ2v) is 8.90. The molecule has 2 aromatic rings. The molecule has 3 atom stereocenters. The summed E-state index contributed by atoms with van der Waals surface area (Å²) in [6.45, 7) is 2.03. The highest BCUT2D eigenvalue weighted by Crippen LogP contribution is 2.63. The number of nitrogens with zero attached hydrogens (tertiary/aromatic N) is 1. The largest absolute Gasteiger partial charge is 0.383 e. The molecular formula is C19H18ClNO3S. The van der Waals surface area contributed by atoms with E-state index in [0.717, 1.165) is 11.1 Å². The van der Waals surface area contributed by atoms with Crippen molar-refractivity contribution in [1.82, 2.24) is 0 Å². The van der Waals surface area contributed by atoms with E-state index in [1.54, 1.807) is 12.1 Å². The third kappa shape index (κ3) is 2.95. The fourth-order valence-corrected chi connectivity index (χ4v) is 5.89. The van der Waals surface area contributed by atoms with Gasteiger partial charge in [-0.1, -0.05) is 41.4 Å². The summed E-state index contributed by atoms with van der Waals surface area (Å²) in [5.74, 6) is -0.418. The maximum Gasteiger partial charge on any atom is 0.183 e. The lowest BCUT2D eigenvalue weighted by atomic mass is 10.0. The number of hydrogen-bond donors (Lipinski definition) is 0. The van der Waals surface area contributed by atoms with Gasteiger partial charge >= 0.3 is 0 Å². The number of methoxy groups -OCH3 is 1. The van der Waals surface area contributed by atoms with Crippen LogP contribution in [-0.4, -0.2) is 27.4 Å². The molecule has 3 rings (SSSR count). The number of hydrogen-bond acceptors (Lipinski definition) is 4. The lowest BCUT2D eigenvalue weighted by Crippen LogP contribution is -2.19. The maximum absolute atomic E-state index is 13.2. The predicted molar refractivity (Wildman–Crippen MR) is 96.3 cm³/mol. The number of ether oxygens (including phenoxy) is 1. The van der Waals surface area contributed by atoms with E-state index in [1.165, 1.54) is 19.2 Å². The van der Waals surface area contributed by atoms with Crippen LogP contribution in [0.5, 0.6) is 0 Å². The molecule has 1 aliphatic rings. The van der Waals surface area contributed by atoms with Crippen molar-refractivity contribution in [3.8, 4) is 6.07 Å². The first kappa shape index (κ1) is 17.9. The number of nitriles is 1. The molecule has 130 valence electrons. The molecular weight excluding hydrogens is 358 g/mol. The highest BCUT2D eigenvalue weighted by Gasteiger charge is 2.72. The Kier molecular flexibility index (Phi) is 4.63. The Labute approximate surface area is 152 Å². The zero-order valence-electron chi connectivity index (χ0n) is 13.9. The third-order valence-corrected chi connectivity index (χ3v) is 7.30. The highest BCUT2D eigenvalue weighted by molar-refractivity contribution is 7.92.